The molecule has 2 rings (SSSR count). The third-order valence-corrected chi connectivity index (χ3v) is 3.25. The molecule has 0 aliphatic carbocycles. The lowest BCUT2D eigenvalue weighted by molar-refractivity contribution is 0.360. The van der Waals surface area contributed by atoms with Gasteiger partial charge in [0.05, 0.1) is 5.71 Å². The number of nitrogens with one attached hydrogen (secondary N) is 1. The van der Waals surface area contributed by atoms with Gasteiger partial charge in [0.2, 0.25) is 0 Å². The van der Waals surface area contributed by atoms with E-state index >= 15 is 0 Å². The smallest absolute Gasteiger partial charge is 0.0667 e. The zero-order valence-corrected chi connectivity index (χ0v) is 11.1. The molecule has 1 aliphatic rings. The van der Waals surface area contributed by atoms with Crippen LogP contribution >= 0.6 is 11.6 Å². The van der Waals surface area contributed by atoms with Crippen molar-refractivity contribution in [2.75, 3.05) is 25.5 Å². The van der Waals surface area contributed by atoms with Gasteiger partial charge in [-0.3, -0.25) is 5.01 Å². The SMILES string of the molecule is CNc1ccc(Cl)cc1/C(C)=N/N1CCCC1. The first-order chi connectivity index (χ1) is 8.20. The molecule has 0 saturated carbocycles. The third-order valence-electron chi connectivity index (χ3n) is 3.01. The molecule has 1 heterocycles. The molecular formula is C13H18ClN3. The highest BCUT2D eigenvalue weighted by atomic mass is 35.5. The van der Waals surface area contributed by atoms with Crippen LogP contribution in [0.3, 0.4) is 0 Å². The molecule has 4 heteroatoms. The topological polar surface area (TPSA) is 27.6 Å². The summed E-state index contributed by atoms with van der Waals surface area (Å²) >= 11 is 6.04. The maximum Gasteiger partial charge on any atom is 0.0667 e. The fourth-order valence-corrected chi connectivity index (χ4v) is 2.27. The predicted molar refractivity (Wildman–Crippen MR) is 74.0 cm³/mol. The van der Waals surface area contributed by atoms with Crippen molar-refractivity contribution in [1.29, 1.82) is 0 Å². The molecule has 1 N–H and O–H groups in total. The molecular weight excluding hydrogens is 234 g/mol. The van der Waals surface area contributed by atoms with Crippen molar-refractivity contribution >= 4 is 23.0 Å². The zero-order chi connectivity index (χ0) is 12.3. The van der Waals surface area contributed by atoms with Crippen LogP contribution in [0.25, 0.3) is 0 Å². The second-order valence-corrected chi connectivity index (χ2v) is 4.72. The molecule has 0 unspecified atom stereocenters. The van der Waals surface area contributed by atoms with Crippen molar-refractivity contribution in [3.05, 3.63) is 28.8 Å². The molecule has 1 aromatic rings. The van der Waals surface area contributed by atoms with Gasteiger partial charge in [-0.25, -0.2) is 0 Å². The normalized spacial score (nSPS) is 16.4. The molecule has 1 fully saturated rings. The minimum Gasteiger partial charge on any atom is -0.388 e. The number of hydrogen-bond acceptors (Lipinski definition) is 3. The van der Waals surface area contributed by atoms with E-state index in [-0.39, 0.29) is 0 Å². The number of anilines is 1. The second kappa shape index (κ2) is 5.41. The van der Waals surface area contributed by atoms with Crippen molar-refractivity contribution < 1.29 is 0 Å². The van der Waals surface area contributed by atoms with Crippen LogP contribution in [0.2, 0.25) is 5.02 Å². The van der Waals surface area contributed by atoms with Gasteiger partial charge < -0.3 is 5.32 Å². The van der Waals surface area contributed by atoms with Gasteiger partial charge in [0.15, 0.2) is 0 Å². The third kappa shape index (κ3) is 2.91. The van der Waals surface area contributed by atoms with E-state index in [1.54, 1.807) is 0 Å². The largest absolute Gasteiger partial charge is 0.388 e. The highest BCUT2D eigenvalue weighted by molar-refractivity contribution is 6.31. The lowest BCUT2D eigenvalue weighted by Crippen LogP contribution is -2.15. The Morgan fingerprint density at radius 1 is 1.35 bits per heavy atom. The van der Waals surface area contributed by atoms with E-state index in [2.05, 4.69) is 15.4 Å². The van der Waals surface area contributed by atoms with Gasteiger partial charge in [-0.05, 0) is 38.0 Å². The first-order valence-corrected chi connectivity index (χ1v) is 6.36. The molecule has 1 saturated heterocycles. The Morgan fingerprint density at radius 3 is 2.71 bits per heavy atom. The summed E-state index contributed by atoms with van der Waals surface area (Å²) in [5.41, 5.74) is 3.15. The molecule has 0 atom stereocenters. The number of halogens is 1. The molecule has 1 aromatic carbocycles. The zero-order valence-electron chi connectivity index (χ0n) is 10.3. The van der Waals surface area contributed by atoms with Crippen molar-refractivity contribution in [3.63, 3.8) is 0 Å². The molecule has 0 bridgehead atoms. The van der Waals surface area contributed by atoms with Gasteiger partial charge in [-0.15, -0.1) is 0 Å². The molecule has 0 amide bonds. The van der Waals surface area contributed by atoms with E-state index in [9.17, 15) is 0 Å². The van der Waals surface area contributed by atoms with Crippen LogP contribution in [0, 0.1) is 0 Å². The van der Waals surface area contributed by atoms with E-state index in [1.165, 1.54) is 12.8 Å². The molecule has 1 aliphatic heterocycles. The Hall–Kier alpha value is -1.22. The van der Waals surface area contributed by atoms with Gasteiger partial charge in [-0.2, -0.15) is 5.10 Å². The average molecular weight is 252 g/mol. The van der Waals surface area contributed by atoms with Gasteiger partial charge >= 0.3 is 0 Å². The van der Waals surface area contributed by atoms with Crippen molar-refractivity contribution in [2.45, 2.75) is 19.8 Å². The van der Waals surface area contributed by atoms with Crippen LogP contribution in [0.5, 0.6) is 0 Å². The van der Waals surface area contributed by atoms with E-state index in [0.717, 1.165) is 35.1 Å². The molecule has 0 radical (unpaired) electrons. The lowest BCUT2D eigenvalue weighted by atomic mass is 10.1. The van der Waals surface area contributed by atoms with Gasteiger partial charge in [0.25, 0.3) is 0 Å². The molecule has 0 spiro atoms. The lowest BCUT2D eigenvalue weighted by Gasteiger charge is -2.14. The second-order valence-electron chi connectivity index (χ2n) is 4.29. The number of hydrazone groups is 1. The standard InChI is InChI=1S/C13H18ClN3/c1-10(16-17-7-3-4-8-17)12-9-11(14)5-6-13(12)15-2/h5-6,9,15H,3-4,7-8H2,1-2H3/b16-10+. The maximum absolute atomic E-state index is 6.04. The number of rotatable bonds is 3. The summed E-state index contributed by atoms with van der Waals surface area (Å²) in [4.78, 5) is 0. The monoisotopic (exact) mass is 251 g/mol. The van der Waals surface area contributed by atoms with E-state index in [1.807, 2.05) is 32.2 Å². The number of nitrogens with zero attached hydrogens (tertiary/aromatic N) is 2. The summed E-state index contributed by atoms with van der Waals surface area (Å²) in [7, 11) is 1.91. The van der Waals surface area contributed by atoms with Crippen LogP contribution in [-0.4, -0.2) is 30.9 Å². The van der Waals surface area contributed by atoms with E-state index in [0.29, 0.717) is 0 Å². The Morgan fingerprint density at radius 2 is 2.06 bits per heavy atom. The van der Waals surface area contributed by atoms with Crippen LogP contribution in [0.1, 0.15) is 25.3 Å². The highest BCUT2D eigenvalue weighted by Crippen LogP contribution is 2.21. The summed E-state index contributed by atoms with van der Waals surface area (Å²) in [6.07, 6.45) is 2.48. The van der Waals surface area contributed by atoms with Gasteiger partial charge in [0.1, 0.15) is 0 Å². The van der Waals surface area contributed by atoms with Crippen LogP contribution in [0.4, 0.5) is 5.69 Å². The molecule has 0 aromatic heterocycles. The van der Waals surface area contributed by atoms with Crippen molar-refractivity contribution in [2.24, 2.45) is 5.10 Å². The first-order valence-electron chi connectivity index (χ1n) is 5.98. The Labute approximate surface area is 107 Å². The minimum atomic E-state index is 0.745. The number of hydrogen-bond donors (Lipinski definition) is 1. The average Bonchev–Trinajstić information content (AvgIpc) is 2.81. The first kappa shape index (κ1) is 12.2. The quantitative estimate of drug-likeness (QED) is 0.836. The summed E-state index contributed by atoms with van der Waals surface area (Å²) in [6.45, 7) is 4.16. The van der Waals surface area contributed by atoms with E-state index < -0.39 is 0 Å². The number of benzene rings is 1. The fraction of sp³-hybridized carbons (Fsp3) is 0.462. The molecule has 17 heavy (non-hydrogen) atoms. The Bertz CT molecular complexity index is 423. The summed E-state index contributed by atoms with van der Waals surface area (Å²) in [6, 6.07) is 5.84. The fourth-order valence-electron chi connectivity index (χ4n) is 2.10. The predicted octanol–water partition coefficient (Wildman–Crippen LogP) is 3.20. The van der Waals surface area contributed by atoms with Gasteiger partial charge in [0, 0.05) is 36.4 Å². The van der Waals surface area contributed by atoms with Crippen LogP contribution < -0.4 is 5.32 Å². The van der Waals surface area contributed by atoms with Crippen LogP contribution in [-0.2, 0) is 0 Å². The summed E-state index contributed by atoms with van der Waals surface area (Å²) in [5.74, 6) is 0. The maximum atomic E-state index is 6.04. The van der Waals surface area contributed by atoms with Gasteiger partial charge in [-0.1, -0.05) is 11.6 Å². The minimum absolute atomic E-state index is 0.745. The van der Waals surface area contributed by atoms with Crippen LogP contribution in [0.15, 0.2) is 23.3 Å². The molecule has 92 valence electrons. The Balaban J connectivity index is 2.28. The summed E-state index contributed by atoms with van der Waals surface area (Å²) < 4.78 is 0. The van der Waals surface area contributed by atoms with Crippen molar-refractivity contribution in [1.82, 2.24) is 5.01 Å². The summed E-state index contributed by atoms with van der Waals surface area (Å²) in [5, 5.41) is 10.7. The Kier molecular flexibility index (Phi) is 3.89. The highest BCUT2D eigenvalue weighted by Gasteiger charge is 2.11. The molecule has 3 nitrogen and oxygen atoms in total. The van der Waals surface area contributed by atoms with Crippen molar-refractivity contribution in [3.8, 4) is 0 Å². The van der Waals surface area contributed by atoms with E-state index in [4.69, 9.17) is 11.6 Å².